The van der Waals surface area contributed by atoms with Crippen molar-refractivity contribution in [1.82, 2.24) is 5.32 Å². The summed E-state index contributed by atoms with van der Waals surface area (Å²) in [5.74, 6) is 0. The van der Waals surface area contributed by atoms with Crippen LogP contribution in [0.3, 0.4) is 0 Å². The molecule has 0 heterocycles. The summed E-state index contributed by atoms with van der Waals surface area (Å²) in [5, 5.41) is 4.44. The lowest BCUT2D eigenvalue weighted by Gasteiger charge is -2.30. The van der Waals surface area contributed by atoms with Crippen molar-refractivity contribution in [2.45, 2.75) is 39.3 Å². The zero-order valence-corrected chi connectivity index (χ0v) is 11.5. The van der Waals surface area contributed by atoms with Crippen molar-refractivity contribution in [2.24, 2.45) is 5.41 Å². The third-order valence-electron chi connectivity index (χ3n) is 3.63. The molecule has 0 aliphatic heterocycles. The van der Waals surface area contributed by atoms with Crippen LogP contribution in [-0.2, 0) is 6.42 Å². The summed E-state index contributed by atoms with van der Waals surface area (Å²) in [5.41, 5.74) is 2.98. The molecular weight excluding hydrogens is 230 g/mol. The van der Waals surface area contributed by atoms with E-state index in [0.717, 1.165) is 11.4 Å². The molecule has 1 aliphatic carbocycles. The summed E-state index contributed by atoms with van der Waals surface area (Å²) >= 11 is 6.10. The van der Waals surface area contributed by atoms with Gasteiger partial charge in [0.25, 0.3) is 0 Å². The summed E-state index contributed by atoms with van der Waals surface area (Å²) in [6.45, 7) is 10.6. The zero-order valence-electron chi connectivity index (χ0n) is 10.8. The fraction of sp³-hybridized carbons (Fsp3) is 0.467. The Morgan fingerprint density at radius 2 is 2.24 bits per heavy atom. The average molecular weight is 250 g/mol. The smallest absolute Gasteiger partial charge is 0.0409 e. The van der Waals surface area contributed by atoms with Gasteiger partial charge in [-0.1, -0.05) is 37.6 Å². The van der Waals surface area contributed by atoms with E-state index in [-0.39, 0.29) is 5.41 Å². The lowest BCUT2D eigenvalue weighted by molar-refractivity contribution is 0.262. The van der Waals surface area contributed by atoms with Crippen molar-refractivity contribution in [2.75, 3.05) is 0 Å². The first-order chi connectivity index (χ1) is 7.94. The molecule has 0 bridgehead atoms. The summed E-state index contributed by atoms with van der Waals surface area (Å²) in [6, 6.07) is 6.89. The van der Waals surface area contributed by atoms with Gasteiger partial charge in [-0.25, -0.2) is 0 Å². The number of hydrogen-bond donors (Lipinski definition) is 1. The standard InChI is InChI=1S/C15H20ClN/c1-5-10(2)17-14-13-8-12(16)7-6-11(13)9-15(14,3)4/h5-8,10,14,17H,1,9H2,2-4H3. The maximum absolute atomic E-state index is 6.10. The summed E-state index contributed by atoms with van der Waals surface area (Å²) < 4.78 is 0. The average Bonchev–Trinajstić information content (AvgIpc) is 2.50. The van der Waals surface area contributed by atoms with Crippen molar-refractivity contribution in [3.05, 3.63) is 47.0 Å². The lowest BCUT2D eigenvalue weighted by Crippen LogP contribution is -2.35. The molecule has 0 radical (unpaired) electrons. The van der Waals surface area contributed by atoms with Crippen LogP contribution < -0.4 is 5.32 Å². The highest BCUT2D eigenvalue weighted by molar-refractivity contribution is 6.30. The quantitative estimate of drug-likeness (QED) is 0.795. The van der Waals surface area contributed by atoms with E-state index in [0.29, 0.717) is 12.1 Å². The maximum atomic E-state index is 6.10. The van der Waals surface area contributed by atoms with Gasteiger partial charge in [0.2, 0.25) is 0 Å². The maximum Gasteiger partial charge on any atom is 0.0409 e. The van der Waals surface area contributed by atoms with Gasteiger partial charge in [-0.3, -0.25) is 0 Å². The molecule has 2 heteroatoms. The van der Waals surface area contributed by atoms with Gasteiger partial charge in [0.15, 0.2) is 0 Å². The molecule has 1 aromatic carbocycles. The topological polar surface area (TPSA) is 12.0 Å². The van der Waals surface area contributed by atoms with Crippen LogP contribution in [0.4, 0.5) is 0 Å². The minimum Gasteiger partial charge on any atom is -0.303 e. The molecule has 17 heavy (non-hydrogen) atoms. The highest BCUT2D eigenvalue weighted by atomic mass is 35.5. The van der Waals surface area contributed by atoms with E-state index in [1.807, 2.05) is 12.1 Å². The first-order valence-corrected chi connectivity index (χ1v) is 6.49. The molecule has 1 aromatic rings. The Morgan fingerprint density at radius 1 is 1.53 bits per heavy atom. The molecule has 92 valence electrons. The molecule has 1 N–H and O–H groups in total. The van der Waals surface area contributed by atoms with E-state index in [9.17, 15) is 0 Å². The zero-order chi connectivity index (χ0) is 12.6. The Labute approximate surface area is 109 Å². The Kier molecular flexibility index (Phi) is 3.33. The molecule has 1 aliphatic rings. The third-order valence-corrected chi connectivity index (χ3v) is 3.86. The molecule has 0 saturated heterocycles. The number of halogens is 1. The fourth-order valence-corrected chi connectivity index (χ4v) is 2.84. The minimum absolute atomic E-state index is 0.226. The monoisotopic (exact) mass is 249 g/mol. The van der Waals surface area contributed by atoms with Crippen molar-refractivity contribution < 1.29 is 0 Å². The largest absolute Gasteiger partial charge is 0.303 e. The predicted molar refractivity (Wildman–Crippen MR) is 74.5 cm³/mol. The Balaban J connectivity index is 2.36. The van der Waals surface area contributed by atoms with Gasteiger partial charge in [0, 0.05) is 17.1 Å². The molecule has 2 unspecified atom stereocenters. The van der Waals surface area contributed by atoms with E-state index >= 15 is 0 Å². The van der Waals surface area contributed by atoms with E-state index in [1.54, 1.807) is 0 Å². The van der Waals surface area contributed by atoms with Gasteiger partial charge < -0.3 is 5.32 Å². The van der Waals surface area contributed by atoms with Crippen LogP contribution in [0.5, 0.6) is 0 Å². The highest BCUT2D eigenvalue weighted by Crippen LogP contribution is 2.46. The van der Waals surface area contributed by atoms with Crippen molar-refractivity contribution in [3.63, 3.8) is 0 Å². The molecule has 2 rings (SSSR count). The highest BCUT2D eigenvalue weighted by Gasteiger charge is 2.39. The van der Waals surface area contributed by atoms with Crippen LogP contribution in [-0.4, -0.2) is 6.04 Å². The van der Waals surface area contributed by atoms with Gasteiger partial charge >= 0.3 is 0 Å². The summed E-state index contributed by atoms with van der Waals surface area (Å²) in [6.07, 6.45) is 3.04. The lowest BCUT2D eigenvalue weighted by atomic mass is 9.85. The minimum atomic E-state index is 0.226. The van der Waals surface area contributed by atoms with Crippen LogP contribution in [0.2, 0.25) is 5.02 Å². The Bertz CT molecular complexity index is 437. The molecule has 0 amide bonds. The van der Waals surface area contributed by atoms with Gasteiger partial charge in [0.05, 0.1) is 0 Å². The first-order valence-electron chi connectivity index (χ1n) is 6.11. The van der Waals surface area contributed by atoms with Gasteiger partial charge in [0.1, 0.15) is 0 Å². The number of fused-ring (bicyclic) bond motifs is 1. The second-order valence-corrected chi connectivity index (χ2v) is 6.07. The normalized spacial score (nSPS) is 23.2. The molecule has 1 nitrogen and oxygen atoms in total. The van der Waals surface area contributed by atoms with Crippen molar-refractivity contribution in [3.8, 4) is 0 Å². The van der Waals surface area contributed by atoms with E-state index in [2.05, 4.69) is 44.8 Å². The molecular formula is C15H20ClN. The number of benzene rings is 1. The van der Waals surface area contributed by atoms with E-state index in [4.69, 9.17) is 11.6 Å². The molecule has 0 fully saturated rings. The third kappa shape index (κ3) is 2.41. The number of rotatable bonds is 3. The second kappa shape index (κ2) is 4.47. The van der Waals surface area contributed by atoms with Gasteiger partial charge in [-0.15, -0.1) is 6.58 Å². The Hall–Kier alpha value is -0.790. The fourth-order valence-electron chi connectivity index (χ4n) is 2.66. The van der Waals surface area contributed by atoms with Gasteiger partial charge in [-0.05, 0) is 42.0 Å². The molecule has 0 aromatic heterocycles. The summed E-state index contributed by atoms with van der Waals surface area (Å²) in [4.78, 5) is 0. The van der Waals surface area contributed by atoms with Crippen LogP contribution in [0.15, 0.2) is 30.9 Å². The molecule has 0 saturated carbocycles. The van der Waals surface area contributed by atoms with Gasteiger partial charge in [-0.2, -0.15) is 0 Å². The van der Waals surface area contributed by atoms with Crippen molar-refractivity contribution >= 4 is 11.6 Å². The number of nitrogens with one attached hydrogen (secondary N) is 1. The van der Waals surface area contributed by atoms with Crippen LogP contribution in [0.1, 0.15) is 37.9 Å². The second-order valence-electron chi connectivity index (χ2n) is 5.63. The van der Waals surface area contributed by atoms with E-state index < -0.39 is 0 Å². The molecule has 0 spiro atoms. The Morgan fingerprint density at radius 3 is 2.88 bits per heavy atom. The predicted octanol–water partition coefficient (Wildman–Crippen LogP) is 4.13. The van der Waals surface area contributed by atoms with Crippen LogP contribution in [0.25, 0.3) is 0 Å². The molecule has 2 atom stereocenters. The van der Waals surface area contributed by atoms with Crippen LogP contribution >= 0.6 is 11.6 Å². The van der Waals surface area contributed by atoms with E-state index in [1.165, 1.54) is 11.1 Å². The van der Waals surface area contributed by atoms with Crippen molar-refractivity contribution in [1.29, 1.82) is 0 Å². The summed E-state index contributed by atoms with van der Waals surface area (Å²) in [7, 11) is 0. The SMILES string of the molecule is C=CC(C)NC1c2cc(Cl)ccc2CC1(C)C. The van der Waals surface area contributed by atoms with Crippen LogP contribution in [0, 0.1) is 5.41 Å². The first kappa shape index (κ1) is 12.7. The number of hydrogen-bond acceptors (Lipinski definition) is 1.